The molecule has 70 valence electrons. The Hall–Kier alpha value is -1.04. The molecule has 0 N–H and O–H groups in total. The summed E-state index contributed by atoms with van der Waals surface area (Å²) in [6, 6.07) is 0. The quantitative estimate of drug-likeness (QED) is 0.483. The summed E-state index contributed by atoms with van der Waals surface area (Å²) < 4.78 is 0. The molecule has 0 aromatic heterocycles. The van der Waals surface area contributed by atoms with Gasteiger partial charge in [-0.2, -0.15) is 0 Å². The highest BCUT2D eigenvalue weighted by atomic mass is 13.9. The van der Waals surface area contributed by atoms with Gasteiger partial charge in [-0.1, -0.05) is 48.6 Å². The SMILES string of the molecule is C1=C\C/C=C/C=C/CCC/C=C\C/1. The molecule has 1 aliphatic carbocycles. The molecule has 0 saturated carbocycles. The molecule has 0 aliphatic heterocycles. The van der Waals surface area contributed by atoms with Crippen LogP contribution in [-0.2, 0) is 0 Å². The van der Waals surface area contributed by atoms with E-state index in [2.05, 4.69) is 48.6 Å². The summed E-state index contributed by atoms with van der Waals surface area (Å²) in [5.41, 5.74) is 0. The Morgan fingerprint density at radius 2 is 1.15 bits per heavy atom. The van der Waals surface area contributed by atoms with Crippen LogP contribution >= 0.6 is 0 Å². The van der Waals surface area contributed by atoms with Crippen LogP contribution in [0.4, 0.5) is 0 Å². The van der Waals surface area contributed by atoms with E-state index in [1.807, 2.05) is 0 Å². The van der Waals surface area contributed by atoms with Crippen molar-refractivity contribution >= 4 is 0 Å². The lowest BCUT2D eigenvalue weighted by molar-refractivity contribution is 0.866. The molecule has 0 atom stereocenters. The van der Waals surface area contributed by atoms with Crippen molar-refractivity contribution in [1.82, 2.24) is 0 Å². The molecule has 0 bridgehead atoms. The van der Waals surface area contributed by atoms with E-state index in [4.69, 9.17) is 0 Å². The van der Waals surface area contributed by atoms with Crippen LogP contribution in [0.5, 0.6) is 0 Å². The lowest BCUT2D eigenvalue weighted by Crippen LogP contribution is -1.68. The van der Waals surface area contributed by atoms with Gasteiger partial charge >= 0.3 is 0 Å². The van der Waals surface area contributed by atoms with Gasteiger partial charge in [-0.25, -0.2) is 0 Å². The molecule has 0 saturated heterocycles. The molecule has 0 spiro atoms. The maximum atomic E-state index is 2.28. The fraction of sp³-hybridized carbons (Fsp3) is 0.385. The van der Waals surface area contributed by atoms with Gasteiger partial charge < -0.3 is 0 Å². The Morgan fingerprint density at radius 3 is 2.08 bits per heavy atom. The zero-order valence-corrected chi connectivity index (χ0v) is 8.15. The fourth-order valence-corrected chi connectivity index (χ4v) is 1.25. The first-order chi connectivity index (χ1) is 6.50. The molecule has 0 fully saturated rings. The molecule has 0 heteroatoms. The van der Waals surface area contributed by atoms with Crippen LogP contribution in [0.1, 0.15) is 32.1 Å². The van der Waals surface area contributed by atoms with Gasteiger partial charge in [0.1, 0.15) is 0 Å². The Balaban J connectivity index is 2.38. The van der Waals surface area contributed by atoms with Crippen molar-refractivity contribution in [1.29, 1.82) is 0 Å². The first kappa shape index (κ1) is 10.0. The van der Waals surface area contributed by atoms with Crippen LogP contribution in [-0.4, -0.2) is 0 Å². The number of rotatable bonds is 0. The van der Waals surface area contributed by atoms with Crippen LogP contribution in [0.3, 0.4) is 0 Å². The van der Waals surface area contributed by atoms with Crippen LogP contribution in [0.2, 0.25) is 0 Å². The maximum absolute atomic E-state index is 2.28. The zero-order chi connectivity index (χ0) is 9.19. The summed E-state index contributed by atoms with van der Waals surface area (Å²) in [5.74, 6) is 0. The van der Waals surface area contributed by atoms with E-state index in [-0.39, 0.29) is 0 Å². The molecular weight excluding hydrogens is 156 g/mol. The molecule has 0 heterocycles. The normalized spacial score (nSPS) is 28.9. The van der Waals surface area contributed by atoms with E-state index in [9.17, 15) is 0 Å². The van der Waals surface area contributed by atoms with Crippen molar-refractivity contribution in [2.24, 2.45) is 0 Å². The second-order valence-corrected chi connectivity index (χ2v) is 3.20. The van der Waals surface area contributed by atoms with E-state index in [0.717, 1.165) is 12.8 Å². The van der Waals surface area contributed by atoms with Gasteiger partial charge in [-0.15, -0.1) is 0 Å². The number of hydrogen-bond donors (Lipinski definition) is 0. The monoisotopic (exact) mass is 174 g/mol. The topological polar surface area (TPSA) is 0 Å². The lowest BCUT2D eigenvalue weighted by atomic mass is 10.2. The molecule has 0 aromatic carbocycles. The Labute approximate surface area is 81.4 Å². The van der Waals surface area contributed by atoms with Gasteiger partial charge in [0.2, 0.25) is 0 Å². The molecule has 1 rings (SSSR count). The molecular formula is C13H18. The maximum Gasteiger partial charge on any atom is -0.0166 e. The largest absolute Gasteiger partial charge is 0.0882 e. The van der Waals surface area contributed by atoms with Crippen molar-refractivity contribution < 1.29 is 0 Å². The molecule has 0 nitrogen and oxygen atoms in total. The number of hydrogen-bond acceptors (Lipinski definition) is 0. The van der Waals surface area contributed by atoms with Gasteiger partial charge in [-0.05, 0) is 32.1 Å². The van der Waals surface area contributed by atoms with E-state index in [0.29, 0.717) is 0 Å². The molecule has 0 radical (unpaired) electrons. The summed E-state index contributed by atoms with van der Waals surface area (Å²) in [4.78, 5) is 0. The molecule has 1 aliphatic rings. The van der Waals surface area contributed by atoms with Crippen molar-refractivity contribution in [3.05, 3.63) is 48.6 Å². The number of allylic oxidation sites excluding steroid dienone is 8. The van der Waals surface area contributed by atoms with Gasteiger partial charge in [0.25, 0.3) is 0 Å². The third kappa shape index (κ3) is 6.15. The summed E-state index contributed by atoms with van der Waals surface area (Å²) >= 11 is 0. The highest BCUT2D eigenvalue weighted by Crippen LogP contribution is 2.01. The van der Waals surface area contributed by atoms with Crippen LogP contribution in [0, 0.1) is 0 Å². The Morgan fingerprint density at radius 1 is 0.538 bits per heavy atom. The van der Waals surface area contributed by atoms with Crippen molar-refractivity contribution in [2.75, 3.05) is 0 Å². The van der Waals surface area contributed by atoms with Crippen LogP contribution in [0.15, 0.2) is 48.6 Å². The molecule has 0 amide bonds. The Bertz CT molecular complexity index is 216. The minimum atomic E-state index is 1.05. The van der Waals surface area contributed by atoms with Gasteiger partial charge in [0.05, 0.1) is 0 Å². The van der Waals surface area contributed by atoms with Crippen molar-refractivity contribution in [2.45, 2.75) is 32.1 Å². The second kappa shape index (κ2) is 7.60. The first-order valence-corrected chi connectivity index (χ1v) is 5.12. The van der Waals surface area contributed by atoms with Crippen molar-refractivity contribution in [3.63, 3.8) is 0 Å². The van der Waals surface area contributed by atoms with Gasteiger partial charge in [0.15, 0.2) is 0 Å². The van der Waals surface area contributed by atoms with E-state index >= 15 is 0 Å². The van der Waals surface area contributed by atoms with E-state index in [1.165, 1.54) is 19.3 Å². The molecule has 0 unspecified atom stereocenters. The second-order valence-electron chi connectivity index (χ2n) is 3.20. The first-order valence-electron chi connectivity index (χ1n) is 5.12. The van der Waals surface area contributed by atoms with Gasteiger partial charge in [0, 0.05) is 0 Å². The standard InChI is InChI=1S/C13H18/c1-2-4-6-8-10-12-13-11-9-7-5-3-1/h1-4,7,9,12-13H,5-6,8,10-11H2/b3-1+,4-2+,9-7-,13-12-. The molecule has 0 aromatic rings. The van der Waals surface area contributed by atoms with Crippen LogP contribution < -0.4 is 0 Å². The summed E-state index contributed by atoms with van der Waals surface area (Å²) in [6.07, 6.45) is 23.5. The van der Waals surface area contributed by atoms with Crippen molar-refractivity contribution in [3.8, 4) is 0 Å². The Kier molecular flexibility index (Phi) is 5.87. The van der Waals surface area contributed by atoms with E-state index < -0.39 is 0 Å². The minimum Gasteiger partial charge on any atom is -0.0882 e. The van der Waals surface area contributed by atoms with Gasteiger partial charge in [-0.3, -0.25) is 0 Å². The van der Waals surface area contributed by atoms with Crippen LogP contribution in [0.25, 0.3) is 0 Å². The summed E-state index contributed by atoms with van der Waals surface area (Å²) in [6.45, 7) is 0. The zero-order valence-electron chi connectivity index (χ0n) is 8.15. The fourth-order valence-electron chi connectivity index (χ4n) is 1.25. The average Bonchev–Trinajstić information content (AvgIpc) is 2.18. The predicted octanol–water partition coefficient (Wildman–Crippen LogP) is 4.18. The highest BCUT2D eigenvalue weighted by Gasteiger charge is 1.80. The smallest absolute Gasteiger partial charge is 0.0166 e. The third-order valence-corrected chi connectivity index (χ3v) is 2.00. The predicted molar refractivity (Wildman–Crippen MR) is 59.6 cm³/mol. The lowest BCUT2D eigenvalue weighted by Gasteiger charge is -1.88. The molecule has 13 heavy (non-hydrogen) atoms. The summed E-state index contributed by atoms with van der Waals surface area (Å²) in [7, 11) is 0. The highest BCUT2D eigenvalue weighted by molar-refractivity contribution is 5.06. The van der Waals surface area contributed by atoms with E-state index in [1.54, 1.807) is 0 Å². The average molecular weight is 174 g/mol. The summed E-state index contributed by atoms with van der Waals surface area (Å²) in [5, 5.41) is 0. The third-order valence-electron chi connectivity index (χ3n) is 2.00. The minimum absolute atomic E-state index is 1.05.